The van der Waals surface area contributed by atoms with Crippen molar-refractivity contribution in [2.45, 2.75) is 13.3 Å². The van der Waals surface area contributed by atoms with Gasteiger partial charge in [0.25, 0.3) is 0 Å². The number of methoxy groups -OCH3 is 1. The lowest BCUT2D eigenvalue weighted by atomic mass is 10.1. The quantitative estimate of drug-likeness (QED) is 0.312. The van der Waals surface area contributed by atoms with E-state index >= 15 is 0 Å². The van der Waals surface area contributed by atoms with Crippen LogP contribution in [0.2, 0.25) is 0 Å². The number of hydrogen-bond acceptors (Lipinski definition) is 5. The Morgan fingerprint density at radius 2 is 1.81 bits per heavy atom. The Morgan fingerprint density at radius 3 is 2.53 bits per heavy atom. The van der Waals surface area contributed by atoms with E-state index in [9.17, 15) is 4.79 Å². The highest BCUT2D eigenvalue weighted by Gasteiger charge is 2.24. The van der Waals surface area contributed by atoms with Gasteiger partial charge >= 0.3 is 5.97 Å². The number of cyclic esters (lactones) is 1. The maximum absolute atomic E-state index is 12.3. The summed E-state index contributed by atoms with van der Waals surface area (Å²) < 4.78 is 17.6. The molecule has 0 spiro atoms. The molecule has 3 aromatic carbocycles. The Bertz CT molecular complexity index is 1180. The molecule has 0 unspecified atom stereocenters. The van der Waals surface area contributed by atoms with Gasteiger partial charge in [0.15, 0.2) is 17.2 Å². The Balaban J connectivity index is 1.53. The number of benzene rings is 3. The molecule has 0 bridgehead atoms. The van der Waals surface area contributed by atoms with Gasteiger partial charge in [-0.3, -0.25) is 0 Å². The summed E-state index contributed by atoms with van der Waals surface area (Å²) in [6, 6.07) is 21.5. The van der Waals surface area contributed by atoms with Crippen molar-refractivity contribution in [3.63, 3.8) is 0 Å². The second kappa shape index (κ2) is 9.83. The molecule has 0 fully saturated rings. The number of carbonyl (C=O) groups excluding carboxylic acids is 1. The highest BCUT2D eigenvalue weighted by atomic mass is 79.9. The van der Waals surface area contributed by atoms with Crippen LogP contribution in [0.5, 0.6) is 11.5 Å². The highest BCUT2D eigenvalue weighted by Crippen LogP contribution is 2.37. The van der Waals surface area contributed by atoms with Gasteiger partial charge in [0.1, 0.15) is 0 Å². The van der Waals surface area contributed by atoms with Crippen LogP contribution in [0.15, 0.2) is 81.9 Å². The number of aliphatic imine (C=N–C) groups is 1. The molecule has 3 aromatic rings. The van der Waals surface area contributed by atoms with Crippen LogP contribution < -0.4 is 9.47 Å². The van der Waals surface area contributed by atoms with Crippen LogP contribution in [-0.2, 0) is 16.0 Å². The molecule has 0 aromatic heterocycles. The largest absolute Gasteiger partial charge is 0.493 e. The van der Waals surface area contributed by atoms with E-state index in [1.807, 2.05) is 61.5 Å². The van der Waals surface area contributed by atoms with Crippen LogP contribution in [0.4, 0.5) is 0 Å². The minimum absolute atomic E-state index is 0.229. The van der Waals surface area contributed by atoms with Gasteiger partial charge in [0, 0.05) is 12.0 Å². The van der Waals surface area contributed by atoms with Crippen molar-refractivity contribution < 1.29 is 19.0 Å². The van der Waals surface area contributed by atoms with E-state index in [4.69, 9.17) is 14.2 Å². The van der Waals surface area contributed by atoms with Crippen LogP contribution in [0.1, 0.15) is 22.3 Å². The Hall–Kier alpha value is -3.38. The van der Waals surface area contributed by atoms with Gasteiger partial charge in [-0.25, -0.2) is 9.79 Å². The number of carbonyl (C=O) groups is 1. The molecule has 0 amide bonds. The van der Waals surface area contributed by atoms with E-state index in [-0.39, 0.29) is 5.70 Å². The number of aryl methyl sites for hydroxylation is 1. The lowest BCUT2D eigenvalue weighted by Crippen LogP contribution is -2.05. The molecule has 0 atom stereocenters. The van der Waals surface area contributed by atoms with Crippen LogP contribution in [0.25, 0.3) is 6.08 Å². The second-order valence-electron chi connectivity index (χ2n) is 7.32. The monoisotopic (exact) mass is 491 g/mol. The lowest BCUT2D eigenvalue weighted by molar-refractivity contribution is -0.129. The minimum atomic E-state index is -0.487. The van der Waals surface area contributed by atoms with E-state index in [1.54, 1.807) is 13.2 Å². The van der Waals surface area contributed by atoms with Gasteiger partial charge in [-0.05, 0) is 64.3 Å². The number of nitrogens with zero attached hydrogens (tertiary/aromatic N) is 1. The molecular formula is C26H22BrNO4. The Kier molecular flexibility index (Phi) is 6.71. The summed E-state index contributed by atoms with van der Waals surface area (Å²) in [5, 5.41) is 0. The molecule has 32 heavy (non-hydrogen) atoms. The highest BCUT2D eigenvalue weighted by molar-refractivity contribution is 9.10. The third-order valence-corrected chi connectivity index (χ3v) is 5.54. The number of ether oxygens (including phenoxy) is 3. The van der Waals surface area contributed by atoms with E-state index in [2.05, 4.69) is 33.1 Å². The van der Waals surface area contributed by atoms with Gasteiger partial charge in [0.2, 0.25) is 5.90 Å². The molecule has 1 aliphatic heterocycles. The first-order chi connectivity index (χ1) is 15.5. The van der Waals surface area contributed by atoms with Gasteiger partial charge in [-0.1, -0.05) is 48.0 Å². The molecule has 0 radical (unpaired) electrons. The molecule has 0 saturated heterocycles. The van der Waals surface area contributed by atoms with Crippen molar-refractivity contribution in [1.82, 2.24) is 0 Å². The Morgan fingerprint density at radius 1 is 1.06 bits per heavy atom. The lowest BCUT2D eigenvalue weighted by Gasteiger charge is -2.13. The second-order valence-corrected chi connectivity index (χ2v) is 8.17. The third-order valence-electron chi connectivity index (χ3n) is 4.95. The van der Waals surface area contributed by atoms with Crippen molar-refractivity contribution in [3.8, 4) is 11.5 Å². The molecule has 4 rings (SSSR count). The predicted octanol–water partition coefficient (Wildman–Crippen LogP) is 5.73. The molecule has 1 aliphatic rings. The van der Waals surface area contributed by atoms with E-state index < -0.39 is 5.97 Å². The van der Waals surface area contributed by atoms with Crippen LogP contribution in [0.3, 0.4) is 0 Å². The fourth-order valence-corrected chi connectivity index (χ4v) is 3.84. The first-order valence-electron chi connectivity index (χ1n) is 10.2. The maximum Gasteiger partial charge on any atom is 0.363 e. The Labute approximate surface area is 195 Å². The summed E-state index contributed by atoms with van der Waals surface area (Å²) in [7, 11) is 1.58. The van der Waals surface area contributed by atoms with Gasteiger partial charge in [-0.2, -0.15) is 0 Å². The molecule has 162 valence electrons. The normalized spacial score (nSPS) is 14.3. The first kappa shape index (κ1) is 21.8. The van der Waals surface area contributed by atoms with Crippen LogP contribution in [-0.4, -0.2) is 25.6 Å². The van der Waals surface area contributed by atoms with Crippen LogP contribution >= 0.6 is 15.9 Å². The molecule has 0 aliphatic carbocycles. The predicted molar refractivity (Wildman–Crippen MR) is 128 cm³/mol. The summed E-state index contributed by atoms with van der Waals surface area (Å²) in [5.74, 6) is 0.990. The van der Waals surface area contributed by atoms with E-state index in [0.29, 0.717) is 24.0 Å². The van der Waals surface area contributed by atoms with Gasteiger partial charge in [-0.15, -0.1) is 0 Å². The molecule has 0 N–H and O–H groups in total. The first-order valence-corrected chi connectivity index (χ1v) is 11.0. The van der Waals surface area contributed by atoms with Crippen molar-refractivity contribution in [1.29, 1.82) is 0 Å². The fraction of sp³-hybridized carbons (Fsp3) is 0.154. The maximum atomic E-state index is 12.3. The molecule has 5 nitrogen and oxygen atoms in total. The number of hydrogen-bond donors (Lipinski definition) is 0. The topological polar surface area (TPSA) is 57.1 Å². The minimum Gasteiger partial charge on any atom is -0.493 e. The summed E-state index contributed by atoms with van der Waals surface area (Å²) in [6.07, 6.45) is 2.45. The summed E-state index contributed by atoms with van der Waals surface area (Å²) in [6.45, 7) is 2.51. The average Bonchev–Trinajstić information content (AvgIpc) is 3.16. The van der Waals surface area contributed by atoms with Gasteiger partial charge in [0.05, 0.1) is 18.2 Å². The van der Waals surface area contributed by atoms with E-state index in [1.165, 1.54) is 5.56 Å². The fourth-order valence-electron chi connectivity index (χ4n) is 3.27. The SMILES string of the molecule is COc1cc(/C=C2\N=C(c3ccc(C)cc3)OC2=O)cc(Br)c1OCCc1ccccc1. The molecule has 0 saturated carbocycles. The molecule has 1 heterocycles. The third kappa shape index (κ3) is 5.08. The van der Waals surface area contributed by atoms with E-state index in [0.717, 1.165) is 27.6 Å². The van der Waals surface area contributed by atoms with Gasteiger partial charge < -0.3 is 14.2 Å². The zero-order chi connectivity index (χ0) is 22.5. The summed E-state index contributed by atoms with van der Waals surface area (Å²) >= 11 is 3.56. The van der Waals surface area contributed by atoms with Crippen LogP contribution in [0, 0.1) is 6.92 Å². The zero-order valence-corrected chi connectivity index (χ0v) is 19.4. The summed E-state index contributed by atoms with van der Waals surface area (Å²) in [4.78, 5) is 16.7. The average molecular weight is 492 g/mol. The number of rotatable bonds is 7. The van der Waals surface area contributed by atoms with Crippen molar-refractivity contribution in [2.24, 2.45) is 4.99 Å². The standard InChI is InChI=1S/C26H22BrNO4/c1-17-8-10-20(11-9-17)25-28-22(26(29)32-25)15-19-14-21(27)24(23(16-19)30-2)31-13-12-18-6-4-3-5-7-18/h3-11,14-16H,12-13H2,1-2H3/b22-15-. The molecular weight excluding hydrogens is 470 g/mol. The number of halogens is 1. The number of esters is 1. The van der Waals surface area contributed by atoms with Crippen molar-refractivity contribution in [2.75, 3.05) is 13.7 Å². The van der Waals surface area contributed by atoms with Crippen molar-refractivity contribution >= 4 is 33.9 Å². The zero-order valence-electron chi connectivity index (χ0n) is 17.8. The summed E-state index contributed by atoms with van der Waals surface area (Å²) in [5.41, 5.74) is 4.05. The van der Waals surface area contributed by atoms with Crippen molar-refractivity contribution in [3.05, 3.63) is 99.2 Å². The molecule has 6 heteroatoms. The smallest absolute Gasteiger partial charge is 0.363 e.